The Morgan fingerprint density at radius 3 is 2.28 bits per heavy atom. The Morgan fingerprint density at radius 2 is 1.72 bits per heavy atom. The van der Waals surface area contributed by atoms with Crippen molar-refractivity contribution in [1.29, 1.82) is 0 Å². The zero-order valence-corrected chi connectivity index (χ0v) is 12.3. The SMILES string of the molecule is CC[Si](CC)(CC)O[C@H]1[C@@H](O)[C@H]2CO[C@H](O2)[C@@H]1O. The average molecular weight is 276 g/mol. The first-order valence-electron chi connectivity index (χ1n) is 6.88. The van der Waals surface area contributed by atoms with E-state index in [1.807, 2.05) is 0 Å². The number of hydrogen-bond acceptors (Lipinski definition) is 5. The molecule has 106 valence electrons. The molecule has 2 aliphatic rings. The number of aliphatic hydroxyl groups excluding tert-OH is 2. The molecule has 0 aromatic rings. The molecule has 2 rings (SSSR count). The van der Waals surface area contributed by atoms with Crippen molar-refractivity contribution in [2.45, 2.75) is 69.6 Å². The van der Waals surface area contributed by atoms with Crippen LogP contribution in [-0.2, 0) is 13.9 Å². The highest BCUT2D eigenvalue weighted by Gasteiger charge is 2.52. The number of fused-ring (bicyclic) bond motifs is 2. The standard InChI is InChI=1S/C12H24O5Si/c1-4-18(5-2,6-3)17-11-9(13)8-7-15-12(16-8)10(11)14/h8-14H,4-7H2,1-3H3/t8-,9+,10-,11+,12-/m1/s1. The molecule has 5 atom stereocenters. The highest BCUT2D eigenvalue weighted by molar-refractivity contribution is 6.73. The smallest absolute Gasteiger partial charge is 0.192 e. The van der Waals surface area contributed by atoms with Gasteiger partial charge in [-0.05, 0) is 18.1 Å². The lowest BCUT2D eigenvalue weighted by Gasteiger charge is -2.41. The first-order valence-corrected chi connectivity index (χ1v) is 9.41. The normalized spacial score (nSPS) is 40.2. The zero-order valence-electron chi connectivity index (χ0n) is 11.3. The molecule has 0 amide bonds. The van der Waals surface area contributed by atoms with Gasteiger partial charge in [-0.1, -0.05) is 20.8 Å². The minimum atomic E-state index is -1.85. The molecular weight excluding hydrogens is 252 g/mol. The summed E-state index contributed by atoms with van der Waals surface area (Å²) in [5.41, 5.74) is 0. The van der Waals surface area contributed by atoms with E-state index in [0.717, 1.165) is 18.1 Å². The van der Waals surface area contributed by atoms with Gasteiger partial charge >= 0.3 is 0 Å². The molecule has 0 unspecified atom stereocenters. The maximum Gasteiger partial charge on any atom is 0.192 e. The van der Waals surface area contributed by atoms with Crippen molar-refractivity contribution >= 4 is 8.32 Å². The van der Waals surface area contributed by atoms with Gasteiger partial charge in [0.2, 0.25) is 0 Å². The van der Waals surface area contributed by atoms with Crippen molar-refractivity contribution in [3.8, 4) is 0 Å². The van der Waals surface area contributed by atoms with Gasteiger partial charge in [0.15, 0.2) is 14.6 Å². The van der Waals surface area contributed by atoms with E-state index in [-0.39, 0.29) is 6.10 Å². The van der Waals surface area contributed by atoms with E-state index >= 15 is 0 Å². The Bertz CT molecular complexity index is 259. The van der Waals surface area contributed by atoms with Gasteiger partial charge in [-0.15, -0.1) is 0 Å². The first kappa shape index (κ1) is 14.4. The molecule has 2 fully saturated rings. The van der Waals surface area contributed by atoms with Crippen LogP contribution in [0.3, 0.4) is 0 Å². The Balaban J connectivity index is 2.11. The van der Waals surface area contributed by atoms with E-state index in [1.165, 1.54) is 0 Å². The summed E-state index contributed by atoms with van der Waals surface area (Å²) in [7, 11) is -1.85. The number of rotatable bonds is 5. The summed E-state index contributed by atoms with van der Waals surface area (Å²) in [4.78, 5) is 0. The van der Waals surface area contributed by atoms with Gasteiger partial charge in [0, 0.05) is 0 Å². The van der Waals surface area contributed by atoms with Crippen molar-refractivity contribution < 1.29 is 24.1 Å². The molecule has 0 radical (unpaired) electrons. The van der Waals surface area contributed by atoms with Crippen molar-refractivity contribution in [3.63, 3.8) is 0 Å². The second-order valence-corrected chi connectivity index (χ2v) is 9.91. The van der Waals surface area contributed by atoms with Crippen LogP contribution in [0.1, 0.15) is 20.8 Å². The first-order chi connectivity index (χ1) is 8.56. The van der Waals surface area contributed by atoms with Crippen molar-refractivity contribution in [3.05, 3.63) is 0 Å². The third-order valence-corrected chi connectivity index (χ3v) is 9.02. The number of aliphatic hydroxyl groups is 2. The van der Waals surface area contributed by atoms with Crippen LogP contribution < -0.4 is 0 Å². The minimum Gasteiger partial charge on any atom is -0.408 e. The summed E-state index contributed by atoms with van der Waals surface area (Å²) in [5.74, 6) is 0. The molecule has 0 aromatic carbocycles. The minimum absolute atomic E-state index is 0.335. The van der Waals surface area contributed by atoms with Crippen molar-refractivity contribution in [1.82, 2.24) is 0 Å². The summed E-state index contributed by atoms with van der Waals surface area (Å²) >= 11 is 0. The zero-order chi connectivity index (χ0) is 13.3. The maximum absolute atomic E-state index is 10.2. The topological polar surface area (TPSA) is 68.2 Å². The summed E-state index contributed by atoms with van der Waals surface area (Å²) in [5, 5.41) is 20.4. The summed E-state index contributed by atoms with van der Waals surface area (Å²) in [6.07, 6.45) is -3.25. The molecule has 5 nitrogen and oxygen atoms in total. The third-order valence-electron chi connectivity index (χ3n) is 4.39. The molecule has 18 heavy (non-hydrogen) atoms. The lowest BCUT2D eigenvalue weighted by atomic mass is 10.0. The van der Waals surface area contributed by atoms with E-state index in [4.69, 9.17) is 13.9 Å². The fraction of sp³-hybridized carbons (Fsp3) is 1.00. The molecule has 0 spiro atoms. The summed E-state index contributed by atoms with van der Waals surface area (Å²) in [6, 6.07) is 2.98. The maximum atomic E-state index is 10.2. The Kier molecular flexibility index (Phi) is 4.46. The fourth-order valence-corrected chi connectivity index (χ4v) is 5.65. The molecule has 2 heterocycles. The monoisotopic (exact) mass is 276 g/mol. The Hall–Kier alpha value is 0.0169. The summed E-state index contributed by atoms with van der Waals surface area (Å²) in [6.45, 7) is 6.72. The van der Waals surface area contributed by atoms with Gasteiger partial charge in [-0.25, -0.2) is 0 Å². The van der Waals surface area contributed by atoms with Crippen LogP contribution in [0.2, 0.25) is 18.1 Å². The quantitative estimate of drug-likeness (QED) is 0.729. The Labute approximate surface area is 109 Å². The fourth-order valence-electron chi connectivity index (χ4n) is 2.80. The highest BCUT2D eigenvalue weighted by Crippen LogP contribution is 2.34. The summed E-state index contributed by atoms with van der Waals surface area (Å²) < 4.78 is 16.9. The van der Waals surface area contributed by atoms with Crippen molar-refractivity contribution in [2.75, 3.05) is 6.61 Å². The average Bonchev–Trinajstić information content (AvgIpc) is 2.85. The second-order valence-electron chi connectivity index (χ2n) is 5.18. The molecule has 2 saturated heterocycles. The third kappa shape index (κ3) is 2.37. The van der Waals surface area contributed by atoms with E-state index in [9.17, 15) is 10.2 Å². The Morgan fingerprint density at radius 1 is 1.11 bits per heavy atom. The lowest BCUT2D eigenvalue weighted by Crippen LogP contribution is -2.58. The van der Waals surface area contributed by atoms with Gasteiger partial charge in [0.1, 0.15) is 24.4 Å². The van der Waals surface area contributed by atoms with Gasteiger partial charge in [0.05, 0.1) is 6.61 Å². The van der Waals surface area contributed by atoms with Crippen LogP contribution in [0.5, 0.6) is 0 Å². The van der Waals surface area contributed by atoms with Gasteiger partial charge < -0.3 is 24.1 Å². The second kappa shape index (κ2) is 5.56. The number of hydrogen-bond donors (Lipinski definition) is 2. The molecule has 0 aromatic heterocycles. The number of ether oxygens (including phenoxy) is 2. The molecule has 2 aliphatic heterocycles. The van der Waals surface area contributed by atoms with E-state index in [2.05, 4.69) is 20.8 Å². The van der Waals surface area contributed by atoms with Crippen LogP contribution in [-0.4, -0.2) is 55.8 Å². The predicted molar refractivity (Wildman–Crippen MR) is 68.7 cm³/mol. The van der Waals surface area contributed by atoms with Crippen LogP contribution in [0, 0.1) is 0 Å². The molecule has 2 bridgehead atoms. The van der Waals surface area contributed by atoms with Crippen LogP contribution >= 0.6 is 0 Å². The van der Waals surface area contributed by atoms with Crippen LogP contribution in [0.15, 0.2) is 0 Å². The molecule has 0 saturated carbocycles. The van der Waals surface area contributed by atoms with Crippen molar-refractivity contribution in [2.24, 2.45) is 0 Å². The highest BCUT2D eigenvalue weighted by atomic mass is 28.4. The molecule has 0 aliphatic carbocycles. The largest absolute Gasteiger partial charge is 0.408 e. The van der Waals surface area contributed by atoms with Gasteiger partial charge in [-0.2, -0.15) is 0 Å². The van der Waals surface area contributed by atoms with Gasteiger partial charge in [0.25, 0.3) is 0 Å². The predicted octanol–water partition coefficient (Wildman–Crippen LogP) is 0.854. The van der Waals surface area contributed by atoms with E-state index < -0.39 is 32.9 Å². The molecule has 2 N–H and O–H groups in total. The van der Waals surface area contributed by atoms with Crippen LogP contribution in [0.25, 0.3) is 0 Å². The lowest BCUT2D eigenvalue weighted by molar-refractivity contribution is -0.224. The van der Waals surface area contributed by atoms with E-state index in [1.54, 1.807) is 0 Å². The van der Waals surface area contributed by atoms with Crippen LogP contribution in [0.4, 0.5) is 0 Å². The molecule has 6 heteroatoms. The molecular formula is C12H24O5Si. The van der Waals surface area contributed by atoms with Gasteiger partial charge in [-0.3, -0.25) is 0 Å². The van der Waals surface area contributed by atoms with E-state index in [0.29, 0.717) is 6.61 Å².